The molecule has 142 valence electrons. The Morgan fingerprint density at radius 3 is 2.37 bits per heavy atom. The Labute approximate surface area is 152 Å². The van der Waals surface area contributed by atoms with Gasteiger partial charge in [0.2, 0.25) is 5.91 Å². The summed E-state index contributed by atoms with van der Waals surface area (Å²) in [7, 11) is 0. The highest BCUT2D eigenvalue weighted by molar-refractivity contribution is 6.06. The Bertz CT molecular complexity index is 950. The van der Waals surface area contributed by atoms with Gasteiger partial charge in [0.05, 0.1) is 22.5 Å². The van der Waals surface area contributed by atoms with Crippen molar-refractivity contribution < 1.29 is 32.3 Å². The first-order valence-corrected chi connectivity index (χ1v) is 8.00. The van der Waals surface area contributed by atoms with E-state index in [4.69, 9.17) is 0 Å². The van der Waals surface area contributed by atoms with E-state index < -0.39 is 46.1 Å². The second-order valence-electron chi connectivity index (χ2n) is 6.96. The van der Waals surface area contributed by atoms with Gasteiger partial charge in [0, 0.05) is 11.8 Å². The molecule has 8 heteroatoms. The molecule has 1 heterocycles. The molecule has 0 spiro atoms. The number of fused-ring (bicyclic) bond motifs is 1. The third kappa shape index (κ3) is 3.15. The average Bonchev–Trinajstić information content (AvgIpc) is 2.54. The zero-order valence-corrected chi connectivity index (χ0v) is 14.4. The minimum Gasteiger partial charge on any atom is -0.478 e. The third-order valence-corrected chi connectivity index (χ3v) is 4.58. The number of carbonyl (C=O) groups excluding carboxylic acids is 1. The molecule has 0 bridgehead atoms. The van der Waals surface area contributed by atoms with Gasteiger partial charge in [-0.15, -0.1) is 0 Å². The monoisotopic (exact) mass is 381 g/mol. The van der Waals surface area contributed by atoms with Gasteiger partial charge in [0.25, 0.3) is 0 Å². The second-order valence-corrected chi connectivity index (χ2v) is 6.96. The highest BCUT2D eigenvalue weighted by atomic mass is 19.4. The van der Waals surface area contributed by atoms with Crippen LogP contribution in [0.4, 0.5) is 28.9 Å². The molecule has 1 amide bonds. The Balaban J connectivity index is 2.33. The fourth-order valence-corrected chi connectivity index (χ4v) is 3.31. The largest absolute Gasteiger partial charge is 0.478 e. The molecule has 1 aliphatic rings. The molecule has 27 heavy (non-hydrogen) atoms. The lowest BCUT2D eigenvalue weighted by atomic mass is 9.76. The number of halogens is 4. The van der Waals surface area contributed by atoms with E-state index in [9.17, 15) is 32.3 Å². The van der Waals surface area contributed by atoms with E-state index >= 15 is 0 Å². The van der Waals surface area contributed by atoms with Gasteiger partial charge in [-0.3, -0.25) is 9.69 Å². The predicted molar refractivity (Wildman–Crippen MR) is 89.6 cm³/mol. The van der Waals surface area contributed by atoms with Crippen LogP contribution in [0.3, 0.4) is 0 Å². The van der Waals surface area contributed by atoms with Crippen LogP contribution in [0.5, 0.6) is 0 Å². The lowest BCUT2D eigenvalue weighted by Gasteiger charge is -2.39. The fourth-order valence-electron chi connectivity index (χ4n) is 3.31. The standard InChI is InChI=1S/C19H15F4NO3/c1-18(2)9-16(25)24(14-6-4-3-5-11(14)19(21,22)23)15-7-10(17(26)27)13(20)8-12(15)18/h3-8H,9H2,1-2H3,(H,26,27). The maximum atomic E-state index is 14.2. The van der Waals surface area contributed by atoms with Gasteiger partial charge < -0.3 is 5.11 Å². The van der Waals surface area contributed by atoms with E-state index in [-0.39, 0.29) is 17.7 Å². The number of rotatable bonds is 2. The molecule has 4 nitrogen and oxygen atoms in total. The normalized spacial score (nSPS) is 16.2. The van der Waals surface area contributed by atoms with E-state index in [0.29, 0.717) is 0 Å². The summed E-state index contributed by atoms with van der Waals surface area (Å²) in [5.74, 6) is -3.21. The van der Waals surface area contributed by atoms with Crippen molar-refractivity contribution in [3.8, 4) is 0 Å². The molecular formula is C19H15F4NO3. The summed E-state index contributed by atoms with van der Waals surface area (Å²) in [6, 6.07) is 6.40. The lowest BCUT2D eigenvalue weighted by molar-refractivity contribution is -0.137. The van der Waals surface area contributed by atoms with Crippen LogP contribution in [-0.2, 0) is 16.4 Å². The molecule has 0 radical (unpaired) electrons. The predicted octanol–water partition coefficient (Wildman–Crippen LogP) is 4.89. The van der Waals surface area contributed by atoms with Crippen molar-refractivity contribution in [1.82, 2.24) is 0 Å². The van der Waals surface area contributed by atoms with Gasteiger partial charge in [0.15, 0.2) is 0 Å². The van der Waals surface area contributed by atoms with Crippen molar-refractivity contribution in [3.05, 3.63) is 58.9 Å². The van der Waals surface area contributed by atoms with E-state index in [1.54, 1.807) is 13.8 Å². The summed E-state index contributed by atoms with van der Waals surface area (Å²) in [5.41, 5.74) is -2.84. The highest BCUT2D eigenvalue weighted by Crippen LogP contribution is 2.47. The molecule has 0 aliphatic carbocycles. The van der Waals surface area contributed by atoms with Gasteiger partial charge in [-0.05, 0) is 29.8 Å². The van der Waals surface area contributed by atoms with Crippen molar-refractivity contribution >= 4 is 23.3 Å². The number of carbonyl (C=O) groups is 2. The SMILES string of the molecule is CC1(C)CC(=O)N(c2ccccc2C(F)(F)F)c2cc(C(=O)O)c(F)cc21. The molecular weight excluding hydrogens is 366 g/mol. The molecule has 0 fully saturated rings. The number of alkyl halides is 3. The number of nitrogens with zero attached hydrogens (tertiary/aromatic N) is 1. The quantitative estimate of drug-likeness (QED) is 0.754. The number of hydrogen-bond acceptors (Lipinski definition) is 2. The van der Waals surface area contributed by atoms with E-state index in [0.717, 1.165) is 29.2 Å². The van der Waals surface area contributed by atoms with Gasteiger partial charge in [-0.25, -0.2) is 9.18 Å². The third-order valence-electron chi connectivity index (χ3n) is 4.58. The lowest BCUT2D eigenvalue weighted by Crippen LogP contribution is -2.40. The topological polar surface area (TPSA) is 57.6 Å². The van der Waals surface area contributed by atoms with Crippen LogP contribution in [0.2, 0.25) is 0 Å². The number of amides is 1. The number of anilines is 2. The van der Waals surface area contributed by atoms with Crippen molar-refractivity contribution in [1.29, 1.82) is 0 Å². The van der Waals surface area contributed by atoms with Crippen LogP contribution in [-0.4, -0.2) is 17.0 Å². The van der Waals surface area contributed by atoms with Crippen LogP contribution < -0.4 is 4.90 Å². The molecule has 0 unspecified atom stereocenters. The van der Waals surface area contributed by atoms with Crippen molar-refractivity contribution in [2.75, 3.05) is 4.90 Å². The minimum absolute atomic E-state index is 0.0632. The zero-order valence-electron chi connectivity index (χ0n) is 14.4. The summed E-state index contributed by atoms with van der Waals surface area (Å²) in [4.78, 5) is 24.9. The summed E-state index contributed by atoms with van der Waals surface area (Å²) in [5, 5.41) is 9.18. The van der Waals surface area contributed by atoms with Gasteiger partial charge in [-0.2, -0.15) is 13.2 Å². The molecule has 3 rings (SSSR count). The molecule has 1 N–H and O–H groups in total. The van der Waals surface area contributed by atoms with E-state index in [2.05, 4.69) is 0 Å². The van der Waals surface area contributed by atoms with Crippen LogP contribution in [0.25, 0.3) is 0 Å². The molecule has 1 aliphatic heterocycles. The maximum Gasteiger partial charge on any atom is 0.418 e. The first-order chi connectivity index (χ1) is 12.4. The molecule has 2 aromatic rings. The molecule has 0 saturated carbocycles. The van der Waals surface area contributed by atoms with E-state index in [1.165, 1.54) is 12.1 Å². The van der Waals surface area contributed by atoms with Crippen LogP contribution >= 0.6 is 0 Å². The minimum atomic E-state index is -4.72. The number of carboxylic acid groups (broad SMARTS) is 1. The van der Waals surface area contributed by atoms with Crippen molar-refractivity contribution in [2.45, 2.75) is 31.9 Å². The average molecular weight is 381 g/mol. The van der Waals surface area contributed by atoms with Crippen molar-refractivity contribution in [2.24, 2.45) is 0 Å². The summed E-state index contributed by atoms with van der Waals surface area (Å²) < 4.78 is 54.5. The smallest absolute Gasteiger partial charge is 0.418 e. The zero-order chi connectivity index (χ0) is 20.1. The van der Waals surface area contributed by atoms with Crippen molar-refractivity contribution in [3.63, 3.8) is 0 Å². The molecule has 0 atom stereocenters. The number of carboxylic acids is 1. The Kier molecular flexibility index (Phi) is 4.25. The fraction of sp³-hybridized carbons (Fsp3) is 0.263. The highest BCUT2D eigenvalue weighted by Gasteiger charge is 2.42. The number of hydrogen-bond donors (Lipinski definition) is 1. The van der Waals surface area contributed by atoms with Gasteiger partial charge in [0.1, 0.15) is 5.82 Å². The van der Waals surface area contributed by atoms with Gasteiger partial charge in [-0.1, -0.05) is 26.0 Å². The summed E-state index contributed by atoms with van der Waals surface area (Å²) in [6.07, 6.45) is -4.88. The first kappa shape index (κ1) is 18.9. The van der Waals surface area contributed by atoms with Gasteiger partial charge >= 0.3 is 12.1 Å². The molecule has 0 aromatic heterocycles. The summed E-state index contributed by atoms with van der Waals surface area (Å²) >= 11 is 0. The van der Waals surface area contributed by atoms with Crippen LogP contribution in [0, 0.1) is 5.82 Å². The number of aromatic carboxylic acids is 1. The number of para-hydroxylation sites is 1. The maximum absolute atomic E-state index is 14.2. The second kappa shape index (κ2) is 6.07. The molecule has 0 saturated heterocycles. The Morgan fingerprint density at radius 1 is 1.15 bits per heavy atom. The Hall–Kier alpha value is -2.90. The van der Waals surface area contributed by atoms with Crippen LogP contribution in [0.15, 0.2) is 36.4 Å². The summed E-state index contributed by atoms with van der Waals surface area (Å²) in [6.45, 7) is 3.30. The van der Waals surface area contributed by atoms with Crippen LogP contribution in [0.1, 0.15) is 41.8 Å². The van der Waals surface area contributed by atoms with E-state index in [1.807, 2.05) is 0 Å². The first-order valence-electron chi connectivity index (χ1n) is 8.00. The molecule has 2 aromatic carbocycles. The number of benzene rings is 2. The Morgan fingerprint density at radius 2 is 1.78 bits per heavy atom.